The average molecular weight is 579 g/mol. The van der Waals surface area contributed by atoms with E-state index in [1.165, 1.54) is 16.4 Å². The summed E-state index contributed by atoms with van der Waals surface area (Å²) < 4.78 is 36.3. The minimum atomic E-state index is -3.94. The van der Waals surface area contributed by atoms with Crippen LogP contribution in [0, 0.1) is 10.8 Å². The van der Waals surface area contributed by atoms with Crippen LogP contribution in [0.1, 0.15) is 45.1 Å². The zero-order valence-corrected chi connectivity index (χ0v) is 23.7. The number of sulfonamides is 1. The van der Waals surface area contributed by atoms with E-state index >= 15 is 0 Å². The van der Waals surface area contributed by atoms with Gasteiger partial charge in [0.2, 0.25) is 16.1 Å². The number of aliphatic hydroxyl groups is 1. The number of fused-ring (bicyclic) bond motifs is 1. The maximum Gasteiger partial charge on any atom is 0.475 e. The molecule has 13 nitrogen and oxygen atoms in total. The summed E-state index contributed by atoms with van der Waals surface area (Å²) in [4.78, 5) is 36.2. The fraction of sp³-hybridized carbons (Fsp3) is 0.538. The second-order valence-electron chi connectivity index (χ2n) is 9.94. The normalized spacial score (nSPS) is 15.8. The van der Waals surface area contributed by atoms with E-state index in [1.807, 2.05) is 20.0 Å². The van der Waals surface area contributed by atoms with Crippen LogP contribution in [0.4, 0.5) is 0 Å². The highest BCUT2D eigenvalue weighted by molar-refractivity contribution is 7.89. The van der Waals surface area contributed by atoms with Crippen LogP contribution in [0.25, 0.3) is 22.4 Å². The van der Waals surface area contributed by atoms with E-state index in [4.69, 9.17) is 14.9 Å². The Morgan fingerprint density at radius 3 is 2.58 bits per heavy atom. The first kappa shape index (κ1) is 29.5. The molecule has 1 aromatic carbocycles. The van der Waals surface area contributed by atoms with Crippen molar-refractivity contribution in [1.29, 1.82) is 0 Å². The molecule has 0 radical (unpaired) electrons. The van der Waals surface area contributed by atoms with Crippen LogP contribution in [-0.4, -0.2) is 75.1 Å². The van der Waals surface area contributed by atoms with Gasteiger partial charge >= 0.3 is 5.09 Å². The zero-order chi connectivity index (χ0) is 29.0. The van der Waals surface area contributed by atoms with E-state index in [0.717, 1.165) is 24.8 Å². The SMILES string of the molecule is CCCOc1ccc(S(=O)(=O)N2CCC(C(CO)O[N+](=O)O)CC2)cc1-c1nc2c(CCC)cn(C)c2c(=O)[nH]1. The predicted molar refractivity (Wildman–Crippen MR) is 145 cm³/mol. The van der Waals surface area contributed by atoms with E-state index in [-0.39, 0.29) is 35.3 Å². The molecule has 1 atom stereocenters. The quantitative estimate of drug-likeness (QED) is 0.274. The molecule has 0 aliphatic carbocycles. The number of hydrogen-bond acceptors (Lipinski definition) is 8. The van der Waals surface area contributed by atoms with Crippen LogP contribution in [0.3, 0.4) is 0 Å². The molecule has 3 aromatic rings. The van der Waals surface area contributed by atoms with Crippen LogP contribution in [0.2, 0.25) is 0 Å². The molecule has 0 bridgehead atoms. The molecule has 1 saturated heterocycles. The Kier molecular flexibility index (Phi) is 9.11. The summed E-state index contributed by atoms with van der Waals surface area (Å²) in [7, 11) is -2.15. The summed E-state index contributed by atoms with van der Waals surface area (Å²) in [6.07, 6.45) is 3.94. The van der Waals surface area contributed by atoms with Gasteiger partial charge in [-0.3, -0.25) is 4.79 Å². The molecule has 0 saturated carbocycles. The number of rotatable bonds is 12. The summed E-state index contributed by atoms with van der Waals surface area (Å²) in [5.74, 6) is 0.311. The molecule has 1 aliphatic heterocycles. The van der Waals surface area contributed by atoms with Crippen molar-refractivity contribution in [3.8, 4) is 17.1 Å². The third-order valence-corrected chi connectivity index (χ3v) is 9.05. The monoisotopic (exact) mass is 578 g/mol. The van der Waals surface area contributed by atoms with Gasteiger partial charge in [0, 0.05) is 32.3 Å². The summed E-state index contributed by atoms with van der Waals surface area (Å²) in [5, 5.41) is 17.7. The molecule has 3 N–H and O–H groups in total. The van der Waals surface area contributed by atoms with Gasteiger partial charge in [-0.05, 0) is 49.4 Å². The summed E-state index contributed by atoms with van der Waals surface area (Å²) in [6.45, 7) is 4.17. The van der Waals surface area contributed by atoms with Gasteiger partial charge in [-0.15, -0.1) is 0 Å². The summed E-state index contributed by atoms with van der Waals surface area (Å²) in [6, 6.07) is 4.52. The Bertz CT molecular complexity index is 1530. The maximum absolute atomic E-state index is 13.7. The summed E-state index contributed by atoms with van der Waals surface area (Å²) >= 11 is 0. The van der Waals surface area contributed by atoms with Gasteiger partial charge in [0.15, 0.2) is 0 Å². The van der Waals surface area contributed by atoms with E-state index in [2.05, 4.69) is 9.82 Å². The van der Waals surface area contributed by atoms with Crippen molar-refractivity contribution >= 4 is 21.1 Å². The highest BCUT2D eigenvalue weighted by atomic mass is 32.2. The van der Waals surface area contributed by atoms with Gasteiger partial charge in [0.05, 0.1) is 29.2 Å². The van der Waals surface area contributed by atoms with Crippen molar-refractivity contribution in [3.05, 3.63) is 45.2 Å². The number of aromatic nitrogens is 3. The highest BCUT2D eigenvalue weighted by Gasteiger charge is 2.36. The number of aromatic amines is 1. The lowest BCUT2D eigenvalue weighted by atomic mass is 9.92. The Labute approximate surface area is 231 Å². The Hall–Kier alpha value is -3.49. The molecule has 4 rings (SSSR count). The first-order chi connectivity index (χ1) is 19.1. The molecule has 3 heterocycles. The molecule has 0 amide bonds. The van der Waals surface area contributed by atoms with Crippen molar-refractivity contribution in [3.63, 3.8) is 0 Å². The molecule has 14 heteroatoms. The first-order valence-corrected chi connectivity index (χ1v) is 14.8. The van der Waals surface area contributed by atoms with Crippen LogP contribution in [0.15, 0.2) is 34.1 Å². The largest absolute Gasteiger partial charge is 0.493 e. The molecule has 2 aromatic heterocycles. The molecule has 1 fully saturated rings. The molecule has 1 unspecified atom stereocenters. The number of benzene rings is 1. The number of aliphatic hydroxyl groups excluding tert-OH is 1. The minimum absolute atomic E-state index is 0.0189. The fourth-order valence-electron chi connectivity index (χ4n) is 5.17. The van der Waals surface area contributed by atoms with E-state index in [1.54, 1.807) is 17.7 Å². The first-order valence-electron chi connectivity index (χ1n) is 13.4. The van der Waals surface area contributed by atoms with Crippen molar-refractivity contribution in [2.24, 2.45) is 13.0 Å². The number of piperidine rings is 1. The fourth-order valence-corrected chi connectivity index (χ4v) is 6.67. The molecule has 218 valence electrons. The maximum atomic E-state index is 13.7. The second kappa shape index (κ2) is 12.4. The van der Waals surface area contributed by atoms with Gasteiger partial charge in [0.1, 0.15) is 22.0 Å². The smallest absolute Gasteiger partial charge is 0.475 e. The van der Waals surface area contributed by atoms with Crippen molar-refractivity contribution in [2.75, 3.05) is 26.3 Å². The number of nitrogens with zero attached hydrogens (tertiary/aromatic N) is 4. The highest BCUT2D eigenvalue weighted by Crippen LogP contribution is 2.34. The number of nitrogens with one attached hydrogen (secondary N) is 1. The molecule has 1 aliphatic rings. The van der Waals surface area contributed by atoms with Crippen molar-refractivity contribution < 1.29 is 33.4 Å². The van der Waals surface area contributed by atoms with Gasteiger partial charge in [-0.25, -0.2) is 18.6 Å². The van der Waals surface area contributed by atoms with Gasteiger partial charge in [0.25, 0.3) is 5.56 Å². The molecule has 0 spiro atoms. The lowest BCUT2D eigenvalue weighted by molar-refractivity contribution is -0.982. The van der Waals surface area contributed by atoms with Gasteiger partial charge in [-0.2, -0.15) is 9.14 Å². The summed E-state index contributed by atoms with van der Waals surface area (Å²) in [5.41, 5.74) is 1.98. The zero-order valence-electron chi connectivity index (χ0n) is 22.9. The Balaban J connectivity index is 1.70. The standard InChI is InChI=1S/C26H35N5O8S/c1-4-6-18-15-29(3)24-23(18)27-25(28-26(24)33)20-14-19(7-8-21(20)38-13-5-2)40(36,37)30-11-9-17(10-12-30)22(16-32)39-31(34)35/h7-8,14-15,17,22,32H,4-6,9-13,16H2,1-3H3,(H-,27,28,33,34,35)/p+1. The van der Waals surface area contributed by atoms with Crippen LogP contribution in [0.5, 0.6) is 5.75 Å². The number of hydrogen-bond donors (Lipinski definition) is 3. The van der Waals surface area contributed by atoms with E-state index < -0.39 is 27.8 Å². The van der Waals surface area contributed by atoms with Gasteiger partial charge in [-0.1, -0.05) is 20.3 Å². The Morgan fingerprint density at radius 1 is 1.23 bits per heavy atom. The average Bonchev–Trinajstić information content (AvgIpc) is 3.25. The topological polar surface area (TPSA) is 167 Å². The van der Waals surface area contributed by atoms with E-state index in [9.17, 15) is 23.2 Å². The third kappa shape index (κ3) is 5.98. The lowest BCUT2D eigenvalue weighted by Gasteiger charge is -2.32. The van der Waals surface area contributed by atoms with Crippen LogP contribution < -0.4 is 10.3 Å². The van der Waals surface area contributed by atoms with E-state index in [0.29, 0.717) is 41.8 Å². The van der Waals surface area contributed by atoms with Crippen LogP contribution >= 0.6 is 0 Å². The van der Waals surface area contributed by atoms with Crippen LogP contribution in [-0.2, 0) is 28.3 Å². The third-order valence-electron chi connectivity index (χ3n) is 7.16. The second-order valence-corrected chi connectivity index (χ2v) is 11.9. The molecule has 40 heavy (non-hydrogen) atoms. The number of aryl methyl sites for hydroxylation is 2. The van der Waals surface area contributed by atoms with Crippen molar-refractivity contribution in [2.45, 2.75) is 57.0 Å². The molecular weight excluding hydrogens is 542 g/mol. The predicted octanol–water partition coefficient (Wildman–Crippen LogP) is 2.53. The number of ether oxygens (including phenoxy) is 1. The molecular formula is C26H36N5O8S+. The number of H-pyrrole nitrogens is 1. The van der Waals surface area contributed by atoms with Crippen molar-refractivity contribution in [1.82, 2.24) is 18.8 Å². The minimum Gasteiger partial charge on any atom is -0.493 e. The Morgan fingerprint density at radius 2 is 1.95 bits per heavy atom. The lowest BCUT2D eigenvalue weighted by Crippen LogP contribution is -2.43. The van der Waals surface area contributed by atoms with Gasteiger partial charge < -0.3 is 19.4 Å².